The van der Waals surface area contributed by atoms with Crippen molar-refractivity contribution in [2.45, 2.75) is 45.4 Å². The first-order valence-corrected chi connectivity index (χ1v) is 14.6. The van der Waals surface area contributed by atoms with E-state index in [1.165, 1.54) is 6.92 Å². The third-order valence-electron chi connectivity index (χ3n) is 7.45. The number of nitrogens with zero attached hydrogens (tertiary/aromatic N) is 6. The van der Waals surface area contributed by atoms with Crippen molar-refractivity contribution in [2.75, 3.05) is 27.2 Å². The quantitative estimate of drug-likeness (QED) is 0.319. The molecule has 2 atom stereocenters. The zero-order valence-corrected chi connectivity index (χ0v) is 26.0. The number of aryl methyl sites for hydroxylation is 1. The Balaban J connectivity index is 0.000000339. The van der Waals surface area contributed by atoms with Crippen molar-refractivity contribution in [2.24, 2.45) is 7.05 Å². The molecule has 3 amide bonds. The molecule has 1 fully saturated rings. The number of carbonyl (C=O) groups excluding carboxylic acids is 3. The summed E-state index contributed by atoms with van der Waals surface area (Å²) in [6, 6.07) is 21.7. The molecule has 2 heterocycles. The number of aromatic nitrogens is 3. The Labute approximate surface area is 258 Å². The molecule has 0 saturated carbocycles. The molecule has 1 aromatic heterocycles. The molecule has 0 bridgehead atoms. The van der Waals surface area contributed by atoms with E-state index in [-0.39, 0.29) is 36.1 Å². The van der Waals surface area contributed by atoms with Crippen molar-refractivity contribution in [3.05, 3.63) is 89.5 Å². The van der Waals surface area contributed by atoms with Crippen LogP contribution in [0.1, 0.15) is 30.5 Å². The molecule has 1 aliphatic heterocycles. The smallest absolute Gasteiger partial charge is 0.246 e. The number of phenols is 1. The second-order valence-corrected chi connectivity index (χ2v) is 11.4. The summed E-state index contributed by atoms with van der Waals surface area (Å²) < 4.78 is 1.73. The molecular weight excluding hydrogens is 558 g/mol. The fourth-order valence-corrected chi connectivity index (χ4v) is 5.44. The van der Waals surface area contributed by atoms with Gasteiger partial charge in [0.2, 0.25) is 17.7 Å². The normalized spacial score (nSPS) is 16.5. The maximum atomic E-state index is 13.7. The van der Waals surface area contributed by atoms with E-state index < -0.39 is 6.04 Å². The number of amides is 3. The zero-order chi connectivity index (χ0) is 31.8. The van der Waals surface area contributed by atoms with Crippen molar-refractivity contribution < 1.29 is 19.5 Å². The van der Waals surface area contributed by atoms with Gasteiger partial charge in [0.15, 0.2) is 0 Å². The predicted molar refractivity (Wildman–Crippen MR) is 168 cm³/mol. The lowest BCUT2D eigenvalue weighted by atomic mass is 9.97. The minimum atomic E-state index is -0.616. The SMILES string of the molecule is CC(=O)NCc1ccccc1.CC1CN(Cc2cccc3nnn(C)c23)C(=O)[C@H](Cc2ccc(O)cc2)N1C(=O)CN(C)C. The molecule has 0 spiro atoms. The molecule has 11 heteroatoms. The molecule has 3 aromatic carbocycles. The molecule has 1 unspecified atom stereocenters. The van der Waals surface area contributed by atoms with E-state index in [0.29, 0.717) is 26.1 Å². The summed E-state index contributed by atoms with van der Waals surface area (Å²) in [5.74, 6) is 0.0265. The number of hydrogen-bond acceptors (Lipinski definition) is 7. The van der Waals surface area contributed by atoms with Gasteiger partial charge >= 0.3 is 0 Å². The zero-order valence-electron chi connectivity index (χ0n) is 26.0. The molecular formula is C33H41N7O4. The first kappa shape index (κ1) is 32.2. The molecule has 1 aliphatic rings. The van der Waals surface area contributed by atoms with E-state index in [1.807, 2.05) is 86.4 Å². The van der Waals surface area contributed by atoms with Gasteiger partial charge in [-0.2, -0.15) is 0 Å². The van der Waals surface area contributed by atoms with Crippen molar-refractivity contribution in [1.82, 2.24) is 35.0 Å². The van der Waals surface area contributed by atoms with Crippen LogP contribution in [0.3, 0.4) is 0 Å². The number of benzene rings is 3. The topological polar surface area (TPSA) is 124 Å². The third-order valence-corrected chi connectivity index (χ3v) is 7.45. The van der Waals surface area contributed by atoms with E-state index in [9.17, 15) is 19.5 Å². The van der Waals surface area contributed by atoms with Crippen LogP contribution in [-0.2, 0) is 40.9 Å². The molecule has 44 heavy (non-hydrogen) atoms. The summed E-state index contributed by atoms with van der Waals surface area (Å²) >= 11 is 0. The number of phenolic OH excluding ortho intramolecular Hbond substituents is 1. The van der Waals surface area contributed by atoms with Crippen molar-refractivity contribution in [1.29, 1.82) is 0 Å². The minimum absolute atomic E-state index is 0.00820. The number of nitrogens with one attached hydrogen (secondary N) is 1. The number of fused-ring (bicyclic) bond motifs is 1. The van der Waals surface area contributed by atoms with Gasteiger partial charge in [-0.1, -0.05) is 59.8 Å². The molecule has 2 N–H and O–H groups in total. The summed E-state index contributed by atoms with van der Waals surface area (Å²) in [5, 5.41) is 20.6. The van der Waals surface area contributed by atoms with Crippen LogP contribution in [0.15, 0.2) is 72.8 Å². The average molecular weight is 600 g/mol. The monoisotopic (exact) mass is 599 g/mol. The van der Waals surface area contributed by atoms with E-state index in [2.05, 4.69) is 15.6 Å². The van der Waals surface area contributed by atoms with Crippen LogP contribution in [0.25, 0.3) is 11.0 Å². The number of para-hydroxylation sites is 1. The first-order valence-electron chi connectivity index (χ1n) is 14.6. The molecule has 0 radical (unpaired) electrons. The maximum absolute atomic E-state index is 13.7. The first-order chi connectivity index (χ1) is 21.0. The Kier molecular flexibility index (Phi) is 10.7. The summed E-state index contributed by atoms with van der Waals surface area (Å²) in [4.78, 5) is 42.7. The predicted octanol–water partition coefficient (Wildman–Crippen LogP) is 2.73. The molecule has 0 aliphatic carbocycles. The molecule has 1 saturated heterocycles. The summed E-state index contributed by atoms with van der Waals surface area (Å²) in [5.41, 5.74) is 4.68. The Morgan fingerprint density at radius 2 is 1.70 bits per heavy atom. The van der Waals surface area contributed by atoms with Crippen LogP contribution < -0.4 is 5.32 Å². The van der Waals surface area contributed by atoms with Gasteiger partial charge in [0.05, 0.1) is 12.1 Å². The van der Waals surface area contributed by atoms with Gasteiger partial charge in [0.1, 0.15) is 17.3 Å². The summed E-state index contributed by atoms with van der Waals surface area (Å²) in [7, 11) is 5.53. The number of hydrogen-bond donors (Lipinski definition) is 2. The van der Waals surface area contributed by atoms with E-state index in [4.69, 9.17) is 0 Å². The highest BCUT2D eigenvalue weighted by atomic mass is 16.3. The minimum Gasteiger partial charge on any atom is -0.508 e. The fraction of sp³-hybridized carbons (Fsp3) is 0.364. The van der Waals surface area contributed by atoms with Crippen LogP contribution >= 0.6 is 0 Å². The third kappa shape index (κ3) is 8.19. The maximum Gasteiger partial charge on any atom is 0.246 e. The lowest BCUT2D eigenvalue weighted by Crippen LogP contribution is -2.64. The highest BCUT2D eigenvalue weighted by Crippen LogP contribution is 2.25. The van der Waals surface area contributed by atoms with Crippen molar-refractivity contribution in [3.8, 4) is 5.75 Å². The standard InChI is InChI=1S/C24H30N6O3.C9H11NO/c1-16-13-29(14-18-6-5-7-20-23(18)28(4)26-25-20)24(33)21(30(16)22(32)15-27(2)3)12-17-8-10-19(31)11-9-17;1-8(11)10-7-9-5-3-2-4-6-9/h5-11,16,21,31H,12-15H2,1-4H3;2-6H,7H2,1H3,(H,10,11)/t16?,21-;/m0./s1. The fourth-order valence-electron chi connectivity index (χ4n) is 5.44. The lowest BCUT2D eigenvalue weighted by Gasteiger charge is -2.45. The van der Waals surface area contributed by atoms with Crippen LogP contribution in [-0.4, -0.2) is 91.8 Å². The number of carbonyl (C=O) groups is 3. The Bertz CT molecular complexity index is 1570. The van der Waals surface area contributed by atoms with Crippen LogP contribution in [0.2, 0.25) is 0 Å². The van der Waals surface area contributed by atoms with Crippen molar-refractivity contribution in [3.63, 3.8) is 0 Å². The number of aromatic hydroxyl groups is 1. The highest BCUT2D eigenvalue weighted by Gasteiger charge is 2.41. The van der Waals surface area contributed by atoms with Gasteiger partial charge in [0.25, 0.3) is 0 Å². The Morgan fingerprint density at radius 3 is 2.36 bits per heavy atom. The second-order valence-electron chi connectivity index (χ2n) is 11.4. The van der Waals surface area contributed by atoms with Crippen LogP contribution in [0, 0.1) is 0 Å². The average Bonchev–Trinajstić information content (AvgIpc) is 3.37. The van der Waals surface area contributed by atoms with Gasteiger partial charge < -0.3 is 25.1 Å². The second kappa shape index (κ2) is 14.6. The molecule has 4 aromatic rings. The number of likely N-dealkylation sites (N-methyl/N-ethyl adjacent to an activating group) is 1. The Hall–Kier alpha value is -4.77. The van der Waals surface area contributed by atoms with Crippen molar-refractivity contribution >= 4 is 28.8 Å². The van der Waals surface area contributed by atoms with Gasteiger partial charge in [0, 0.05) is 46.1 Å². The van der Waals surface area contributed by atoms with Gasteiger partial charge in [-0.05, 0) is 55.9 Å². The van der Waals surface area contributed by atoms with Gasteiger partial charge in [-0.3, -0.25) is 14.4 Å². The van der Waals surface area contributed by atoms with E-state index in [0.717, 1.165) is 27.7 Å². The number of piperazine rings is 1. The molecule has 232 valence electrons. The van der Waals surface area contributed by atoms with Crippen LogP contribution in [0.4, 0.5) is 0 Å². The summed E-state index contributed by atoms with van der Waals surface area (Å²) in [6.07, 6.45) is 0.386. The van der Waals surface area contributed by atoms with Gasteiger partial charge in [-0.25, -0.2) is 4.68 Å². The van der Waals surface area contributed by atoms with E-state index >= 15 is 0 Å². The Morgan fingerprint density at radius 1 is 1.00 bits per heavy atom. The van der Waals surface area contributed by atoms with E-state index in [1.54, 1.807) is 33.8 Å². The summed E-state index contributed by atoms with van der Waals surface area (Å²) in [6.45, 7) is 5.24. The highest BCUT2D eigenvalue weighted by molar-refractivity contribution is 5.90. The largest absolute Gasteiger partial charge is 0.508 e. The number of rotatable bonds is 8. The van der Waals surface area contributed by atoms with Gasteiger partial charge in [-0.15, -0.1) is 5.10 Å². The van der Waals surface area contributed by atoms with Crippen LogP contribution in [0.5, 0.6) is 5.75 Å². The molecule has 11 nitrogen and oxygen atoms in total. The lowest BCUT2D eigenvalue weighted by molar-refractivity contribution is -0.156. The molecule has 5 rings (SSSR count).